The Bertz CT molecular complexity index is 2550. The summed E-state index contributed by atoms with van der Waals surface area (Å²) in [5.41, 5.74) is 13.1. The van der Waals surface area contributed by atoms with E-state index < -0.39 is 27.2 Å². The van der Waals surface area contributed by atoms with Crippen molar-refractivity contribution in [3.63, 3.8) is 0 Å². The van der Waals surface area contributed by atoms with Crippen molar-refractivity contribution in [2.24, 2.45) is 75.4 Å². The van der Waals surface area contributed by atoms with Crippen LogP contribution in [0.25, 0.3) is 6.08 Å². The molecule has 0 saturated heterocycles. The van der Waals surface area contributed by atoms with Crippen molar-refractivity contribution in [3.05, 3.63) is 107 Å². The summed E-state index contributed by atoms with van der Waals surface area (Å²) in [6.07, 6.45) is 28.6. The van der Waals surface area contributed by atoms with E-state index >= 15 is 0 Å². The molecule has 10 atom stereocenters. The quantitative estimate of drug-likeness (QED) is 0.0431. The molecule has 0 spiro atoms. The molecule has 3 aromatic carbocycles. The second kappa shape index (κ2) is 35.1. The third-order valence-corrected chi connectivity index (χ3v) is 18.7. The van der Waals surface area contributed by atoms with Gasteiger partial charge in [-0.15, -0.1) is 12.8 Å². The summed E-state index contributed by atoms with van der Waals surface area (Å²) in [6, 6.07) is 20.3. The van der Waals surface area contributed by atoms with Gasteiger partial charge in [-0.3, -0.25) is 9.44 Å². The summed E-state index contributed by atoms with van der Waals surface area (Å²) in [4.78, 5) is 0. The van der Waals surface area contributed by atoms with Gasteiger partial charge < -0.3 is 15.8 Å². The predicted octanol–water partition coefficient (Wildman–Crippen LogP) is 15.2. The third kappa shape index (κ3) is 22.7. The summed E-state index contributed by atoms with van der Waals surface area (Å²) in [6.45, 7) is 36.0. The van der Waals surface area contributed by atoms with E-state index in [1.54, 1.807) is 105 Å². The van der Waals surface area contributed by atoms with E-state index in [4.69, 9.17) is 28.6 Å². The number of hydrogen-bond donors (Lipinski definition) is 6. The lowest BCUT2D eigenvalue weighted by atomic mass is 9.40. The van der Waals surface area contributed by atoms with Crippen molar-refractivity contribution in [1.29, 1.82) is 0 Å². The number of fused-ring (bicyclic) bond motifs is 5. The fourth-order valence-corrected chi connectivity index (χ4v) is 13.8. The van der Waals surface area contributed by atoms with Crippen molar-refractivity contribution in [1.82, 2.24) is 0 Å². The van der Waals surface area contributed by atoms with Crippen LogP contribution in [0.2, 0.25) is 6.82 Å². The predicted molar refractivity (Wildman–Crippen MR) is 350 cm³/mol. The van der Waals surface area contributed by atoms with Crippen LogP contribution in [0.5, 0.6) is 0 Å². The molecule has 6 N–H and O–H groups in total. The van der Waals surface area contributed by atoms with Gasteiger partial charge in [0.1, 0.15) is 0 Å². The van der Waals surface area contributed by atoms with E-state index in [2.05, 4.69) is 110 Å². The van der Waals surface area contributed by atoms with Crippen molar-refractivity contribution >= 4 is 70.8 Å². The summed E-state index contributed by atoms with van der Waals surface area (Å²) in [5, 5.41) is 17.2. The van der Waals surface area contributed by atoms with Crippen LogP contribution >= 0.6 is 12.6 Å². The minimum absolute atomic E-state index is 0.462. The van der Waals surface area contributed by atoms with Gasteiger partial charge in [0.05, 0.1) is 20.4 Å². The van der Waals surface area contributed by atoms with E-state index in [1.165, 1.54) is 31.7 Å². The first-order chi connectivity index (χ1) is 37.0. The largest absolute Gasteiger partial charge is 0.480 e. The van der Waals surface area contributed by atoms with Crippen molar-refractivity contribution < 1.29 is 26.9 Å². The Morgan fingerprint density at radius 1 is 0.646 bits per heavy atom. The van der Waals surface area contributed by atoms with Gasteiger partial charge in [-0.25, -0.2) is 16.8 Å². The normalized spacial score (nSPS) is 25.7. The molecule has 440 valence electrons. The maximum atomic E-state index is 10.9. The lowest BCUT2D eigenvalue weighted by Crippen LogP contribution is -2.57. The molecule has 0 amide bonds. The van der Waals surface area contributed by atoms with Crippen LogP contribution in [0.4, 0.5) is 17.1 Å². The second-order valence-electron chi connectivity index (χ2n) is 22.8. The molecule has 4 unspecified atom stereocenters. The fraction of sp³-hybridized carbons (Fsp3) is 0.600. The number of rotatable bonds is 8. The zero-order valence-electron chi connectivity index (χ0n) is 52.1. The highest BCUT2D eigenvalue weighted by Crippen LogP contribution is 2.67. The van der Waals surface area contributed by atoms with E-state index in [9.17, 15) is 16.8 Å². The van der Waals surface area contributed by atoms with Gasteiger partial charge in [-0.2, -0.15) is 12.6 Å². The highest BCUT2D eigenvalue weighted by molar-refractivity contribution is 7.92. The standard InChI is InChI=1S/C21H36.C10H16.C9H12BNO4S.C9H9NO2S.C8H7N.3C2H6.CH3B.CH4S/c1-12-14(8-16-10-18(12)20(16,3)4)7-15-9-17-11-19(13(15)2)21(17,5)6;1-7-4-5-8-6-9(7)10(8,2)3;1-16(14,15)11-9-4-2-8(3-5-9)6-7-10(12)13;1-3-8-4-6-9(7-5-8)10-13(2,11)12;1-2-7-3-5-8(9)6-4-7;5*1-2/h12-19H,7-11H2,1-6H3;4,8-9H,5-6H2,1-3H3;2-7,11-13H,1H3;1,4-7,10H,2H3;1,3-6H,9H2;3*1-2H3;1H3;2H,1H3/b;;7-6+;;;;;;;/t12?,13?,14?,15?,16-,17-,18-,19-;8-,9-;;;;;;;;/m11......../s1. The zero-order valence-corrected chi connectivity index (χ0v) is 54.6. The number of nitrogens with two attached hydrogens (primary N) is 1. The van der Waals surface area contributed by atoms with Crippen molar-refractivity contribution in [3.8, 4) is 24.7 Å². The first-order valence-corrected chi connectivity index (χ1v) is 33.4. The minimum Gasteiger partial charge on any atom is -0.424 e. The average Bonchev–Trinajstić information content (AvgIpc) is 3.42. The Balaban J connectivity index is 0.000000950. The van der Waals surface area contributed by atoms with Crippen molar-refractivity contribution in [2.75, 3.05) is 33.9 Å². The Morgan fingerprint density at radius 3 is 1.29 bits per heavy atom. The number of terminal acetylenes is 2. The first kappa shape index (κ1) is 75.0. The maximum Gasteiger partial charge on any atom is 0.480 e. The molecule has 9 aliphatic carbocycles. The molecule has 7 fully saturated rings. The molecule has 7 saturated carbocycles. The second-order valence-corrected chi connectivity index (χ2v) is 26.3. The molecule has 6 bridgehead atoms. The average molecular weight is 1140 g/mol. The number of nitrogens with one attached hydrogen (secondary N) is 2. The van der Waals surface area contributed by atoms with E-state index in [0.29, 0.717) is 27.6 Å². The number of anilines is 3. The van der Waals surface area contributed by atoms with E-state index in [-0.39, 0.29) is 0 Å². The molecular weight excluding hydrogens is 1040 g/mol. The molecular formula is C65H105B2N3O6S3. The highest BCUT2D eigenvalue weighted by atomic mass is 32.2. The summed E-state index contributed by atoms with van der Waals surface area (Å²) in [5.74, 6) is 16.3. The molecule has 12 rings (SSSR count). The first-order valence-electron chi connectivity index (χ1n) is 28.7. The van der Waals surface area contributed by atoms with Gasteiger partial charge >= 0.3 is 7.12 Å². The Hall–Kier alpha value is -4.04. The molecule has 14 heteroatoms. The smallest absolute Gasteiger partial charge is 0.424 e. The Kier molecular flexibility index (Phi) is 33.3. The number of hydrogen-bond acceptors (Lipinski definition) is 8. The maximum absolute atomic E-state index is 10.9. The fourth-order valence-electron chi connectivity index (χ4n) is 12.7. The van der Waals surface area contributed by atoms with Crippen LogP contribution in [0.1, 0.15) is 165 Å². The number of thiol groups is 1. The molecule has 9 aliphatic rings. The third-order valence-electron chi connectivity index (χ3n) is 17.5. The molecule has 79 heavy (non-hydrogen) atoms. The lowest BCUT2D eigenvalue weighted by molar-refractivity contribution is -0.157. The number of allylic oxidation sites excluding steroid dienone is 2. The lowest BCUT2D eigenvalue weighted by Gasteiger charge is -2.65. The monoisotopic (exact) mass is 1140 g/mol. The van der Waals surface area contributed by atoms with Crippen LogP contribution in [0.15, 0.2) is 90.4 Å². The van der Waals surface area contributed by atoms with Crippen LogP contribution in [0.3, 0.4) is 0 Å². The van der Waals surface area contributed by atoms with Crippen molar-refractivity contribution in [2.45, 2.75) is 156 Å². The van der Waals surface area contributed by atoms with Gasteiger partial charge in [-0.1, -0.05) is 151 Å². The van der Waals surface area contributed by atoms with Gasteiger partial charge in [-0.05, 0) is 200 Å². The SMILES string of the molecule is C#Cc1ccc(N)cc1.C#Cc1ccc(NS(C)(=O)=O)cc1.CC.CC.CC.CC1=CC[C@@H]2C[C@H]1C2(C)C.CC1C(CC2C[C@@H]3C[C@H](C2C)C3(C)C)C[C@@H]2C[C@H]1C2(C)C.CS.CS(=O)(=O)Nc1ccc(/C=C/B(O)O)cc1.[B]C. The summed E-state index contributed by atoms with van der Waals surface area (Å²) in [7, 11) is -3.45. The van der Waals surface area contributed by atoms with E-state index in [1.807, 2.05) is 53.7 Å². The van der Waals surface area contributed by atoms with E-state index in [0.717, 1.165) is 94.1 Å². The van der Waals surface area contributed by atoms with Gasteiger partial charge in [0, 0.05) is 28.2 Å². The number of sulfonamides is 2. The highest BCUT2D eigenvalue weighted by Gasteiger charge is 2.59. The zero-order chi connectivity index (χ0) is 61.3. The van der Waals surface area contributed by atoms with Crippen LogP contribution in [-0.4, -0.2) is 60.6 Å². The molecule has 2 radical (unpaired) electrons. The van der Waals surface area contributed by atoms with Crippen LogP contribution < -0.4 is 15.2 Å². The molecule has 0 heterocycles. The Morgan fingerprint density at radius 2 is 1.01 bits per heavy atom. The van der Waals surface area contributed by atoms with Crippen LogP contribution in [0, 0.1) is 100 Å². The molecule has 3 aromatic rings. The molecule has 0 aromatic heterocycles. The summed E-state index contributed by atoms with van der Waals surface area (Å²) >= 11 is 3.53. The minimum atomic E-state index is -3.26. The van der Waals surface area contributed by atoms with Gasteiger partial charge in [0.25, 0.3) is 0 Å². The number of nitrogen functional groups attached to an aromatic ring is 1. The van der Waals surface area contributed by atoms with Gasteiger partial charge in [0.2, 0.25) is 20.0 Å². The topological polar surface area (TPSA) is 159 Å². The number of benzene rings is 3. The van der Waals surface area contributed by atoms with Crippen LogP contribution in [-0.2, 0) is 20.0 Å². The van der Waals surface area contributed by atoms with Gasteiger partial charge in [0.15, 0.2) is 0 Å². The molecule has 9 nitrogen and oxygen atoms in total. The molecule has 0 aliphatic heterocycles. The Labute approximate surface area is 491 Å². The summed E-state index contributed by atoms with van der Waals surface area (Å²) < 4.78 is 48.1.